The Hall–Kier alpha value is -1.30. The second-order valence-electron chi connectivity index (χ2n) is 19.5. The molecule has 15 atom stereocenters. The van der Waals surface area contributed by atoms with E-state index in [1.165, 1.54) is 38.5 Å². The standard InChI is InChI=1S/C43H76N4O6/c1-9-35(27-14-11-10-12-15-27)44-41(50)30-18-29(19-32(20-30)46(6)7)33-17-13-16-28(40(33)52-8)23-47-39(38(26(3)49)37(24-48)53-47)42(51)45-36-22-31-21-34(25(36)2)43(31,4)5/h25-40,48-49H,9-24H2,1-8H3,(H,44,50)(H,45,51)/t25-,26-,28?,29?,30?,31+,32?,33?,34-,35+,36-,37-,38+,39-,40?/m0/s1. The monoisotopic (exact) mass is 745 g/mol. The molecule has 10 heteroatoms. The largest absolute Gasteiger partial charge is 0.394 e. The second-order valence-corrected chi connectivity index (χ2v) is 19.5. The van der Waals surface area contributed by atoms with E-state index in [2.05, 4.69) is 57.3 Å². The first-order valence-corrected chi connectivity index (χ1v) is 21.8. The van der Waals surface area contributed by atoms with Gasteiger partial charge in [-0.3, -0.25) is 14.4 Å². The topological polar surface area (TPSA) is 124 Å². The van der Waals surface area contributed by atoms with Crippen molar-refractivity contribution in [1.29, 1.82) is 0 Å². The number of ether oxygens (including phenoxy) is 1. The lowest BCUT2D eigenvalue weighted by atomic mass is 9.45. The van der Waals surface area contributed by atoms with Crippen LogP contribution in [0, 0.1) is 58.7 Å². The van der Waals surface area contributed by atoms with Gasteiger partial charge in [-0.05, 0) is 126 Å². The molecule has 1 saturated heterocycles. The fraction of sp³-hybridized carbons (Fsp3) is 0.953. The molecule has 0 aromatic heterocycles. The summed E-state index contributed by atoms with van der Waals surface area (Å²) in [6, 6.07) is 0.0126. The van der Waals surface area contributed by atoms with Gasteiger partial charge in [-0.25, -0.2) is 0 Å². The highest BCUT2D eigenvalue weighted by molar-refractivity contribution is 5.83. The Morgan fingerprint density at radius 2 is 1.74 bits per heavy atom. The molecular formula is C43H76N4O6. The number of aliphatic hydroxyl groups is 2. The van der Waals surface area contributed by atoms with E-state index in [-0.39, 0.29) is 48.4 Å². The van der Waals surface area contributed by atoms with Gasteiger partial charge >= 0.3 is 0 Å². The van der Waals surface area contributed by atoms with Crippen molar-refractivity contribution in [3.05, 3.63) is 0 Å². The zero-order valence-electron chi connectivity index (χ0n) is 34.5. The third-order valence-corrected chi connectivity index (χ3v) is 16.2. The number of hydrogen-bond acceptors (Lipinski definition) is 8. The van der Waals surface area contributed by atoms with Gasteiger partial charge in [0.2, 0.25) is 11.8 Å². The molecule has 0 radical (unpaired) electrons. The molecule has 7 fully saturated rings. The van der Waals surface area contributed by atoms with Gasteiger partial charge in [0.15, 0.2) is 0 Å². The number of carbonyl (C=O) groups is 2. The summed E-state index contributed by atoms with van der Waals surface area (Å²) in [4.78, 5) is 37.1. The fourth-order valence-corrected chi connectivity index (χ4v) is 12.8. The molecule has 0 aromatic carbocycles. The van der Waals surface area contributed by atoms with Crippen LogP contribution in [0.1, 0.15) is 125 Å². The predicted octanol–water partition coefficient (Wildman–Crippen LogP) is 5.40. The molecule has 2 bridgehead atoms. The van der Waals surface area contributed by atoms with Gasteiger partial charge < -0.3 is 30.5 Å². The van der Waals surface area contributed by atoms with Crippen molar-refractivity contribution in [2.75, 3.05) is 34.4 Å². The minimum absolute atomic E-state index is 0.0115. The van der Waals surface area contributed by atoms with Crippen LogP contribution in [0.5, 0.6) is 0 Å². The molecule has 7 aliphatic rings. The number of nitrogens with one attached hydrogen (secondary N) is 2. The first kappa shape index (κ1) is 41.3. The van der Waals surface area contributed by atoms with Gasteiger partial charge in [-0.15, -0.1) is 0 Å². The second kappa shape index (κ2) is 17.5. The minimum atomic E-state index is -0.819. The van der Waals surface area contributed by atoms with E-state index in [1.54, 1.807) is 12.0 Å². The SMILES string of the molecule is CC[C@@H](NC(=O)C1CC(C2CCCC(CN3O[C@@H](CO)[C@@H]([C@H](C)O)[C@H]3C(=O)N[C@H]3C[C@H]4C[C@@H]([C@@H]3C)C4(C)C)C2OC)CC(N(C)C)C1)C1CCCCC1. The van der Waals surface area contributed by atoms with Crippen molar-refractivity contribution < 1.29 is 29.4 Å². The quantitative estimate of drug-likeness (QED) is 0.198. The maximum Gasteiger partial charge on any atom is 0.240 e. The lowest BCUT2D eigenvalue weighted by Crippen LogP contribution is -2.62. The Bertz CT molecular complexity index is 1230. The van der Waals surface area contributed by atoms with Gasteiger partial charge in [0.05, 0.1) is 18.8 Å². The van der Waals surface area contributed by atoms with Gasteiger partial charge in [0.1, 0.15) is 12.1 Å². The number of aliphatic hydroxyl groups excluding tert-OH is 2. The molecule has 1 heterocycles. The van der Waals surface area contributed by atoms with Crippen LogP contribution < -0.4 is 10.6 Å². The third kappa shape index (κ3) is 8.53. The number of hydrogen-bond donors (Lipinski definition) is 4. The van der Waals surface area contributed by atoms with Crippen LogP contribution in [-0.2, 0) is 19.2 Å². The van der Waals surface area contributed by atoms with Gasteiger partial charge in [-0.1, -0.05) is 53.4 Å². The number of carbonyl (C=O) groups excluding carboxylic acids is 2. The molecule has 10 nitrogen and oxygen atoms in total. The molecule has 4 N–H and O–H groups in total. The van der Waals surface area contributed by atoms with Crippen molar-refractivity contribution >= 4 is 11.8 Å². The highest BCUT2D eigenvalue weighted by Crippen LogP contribution is 2.61. The van der Waals surface area contributed by atoms with Gasteiger partial charge in [0, 0.05) is 49.5 Å². The summed E-state index contributed by atoms with van der Waals surface area (Å²) in [6.45, 7) is 11.2. The van der Waals surface area contributed by atoms with E-state index in [1.807, 2.05) is 7.11 Å². The van der Waals surface area contributed by atoms with Crippen LogP contribution in [0.3, 0.4) is 0 Å². The van der Waals surface area contributed by atoms with Crippen LogP contribution >= 0.6 is 0 Å². The van der Waals surface area contributed by atoms with Crippen molar-refractivity contribution in [3.8, 4) is 0 Å². The molecule has 0 spiro atoms. The number of amides is 2. The molecule has 1 aliphatic heterocycles. The molecule has 6 aliphatic carbocycles. The molecule has 6 saturated carbocycles. The predicted molar refractivity (Wildman–Crippen MR) is 207 cm³/mol. The maximum atomic E-state index is 14.3. The Morgan fingerprint density at radius 3 is 2.34 bits per heavy atom. The van der Waals surface area contributed by atoms with E-state index in [9.17, 15) is 19.8 Å². The van der Waals surface area contributed by atoms with E-state index in [0.29, 0.717) is 53.5 Å². The van der Waals surface area contributed by atoms with Crippen molar-refractivity contribution in [2.24, 2.45) is 58.7 Å². The summed E-state index contributed by atoms with van der Waals surface area (Å²) in [5.41, 5.74) is 0.321. The minimum Gasteiger partial charge on any atom is -0.394 e. The van der Waals surface area contributed by atoms with Gasteiger partial charge in [-0.2, -0.15) is 5.06 Å². The zero-order valence-corrected chi connectivity index (χ0v) is 34.5. The average molecular weight is 745 g/mol. The Morgan fingerprint density at radius 1 is 1.00 bits per heavy atom. The zero-order chi connectivity index (χ0) is 38.2. The highest BCUT2D eigenvalue weighted by Gasteiger charge is 2.58. The summed E-state index contributed by atoms with van der Waals surface area (Å²) in [6.07, 6.45) is 13.9. The smallest absolute Gasteiger partial charge is 0.240 e. The number of rotatable bonds is 13. The summed E-state index contributed by atoms with van der Waals surface area (Å²) >= 11 is 0. The summed E-state index contributed by atoms with van der Waals surface area (Å²) in [5.74, 6) is 2.56. The molecule has 304 valence electrons. The van der Waals surface area contributed by atoms with E-state index < -0.39 is 24.2 Å². The molecule has 0 aromatic rings. The van der Waals surface area contributed by atoms with Crippen LogP contribution in [0.2, 0.25) is 0 Å². The van der Waals surface area contributed by atoms with Crippen molar-refractivity contribution in [1.82, 2.24) is 20.6 Å². The molecule has 53 heavy (non-hydrogen) atoms. The van der Waals surface area contributed by atoms with Crippen LogP contribution in [-0.4, -0.2) is 109 Å². The summed E-state index contributed by atoms with van der Waals surface area (Å²) < 4.78 is 6.43. The lowest BCUT2D eigenvalue weighted by molar-refractivity contribution is -0.193. The highest BCUT2D eigenvalue weighted by atomic mass is 16.7. The number of fused-ring (bicyclic) bond motifs is 2. The van der Waals surface area contributed by atoms with Crippen molar-refractivity contribution in [3.63, 3.8) is 0 Å². The summed E-state index contributed by atoms with van der Waals surface area (Å²) in [5, 5.41) is 30.2. The average Bonchev–Trinajstić information content (AvgIpc) is 3.53. The lowest BCUT2D eigenvalue weighted by Gasteiger charge is -2.62. The number of hydroxylamine groups is 2. The van der Waals surface area contributed by atoms with E-state index in [4.69, 9.17) is 9.57 Å². The van der Waals surface area contributed by atoms with Crippen LogP contribution in [0.25, 0.3) is 0 Å². The van der Waals surface area contributed by atoms with Crippen LogP contribution in [0.4, 0.5) is 0 Å². The number of methoxy groups -OCH3 is 1. The number of nitrogens with zero attached hydrogens (tertiary/aromatic N) is 2. The molecular weight excluding hydrogens is 668 g/mol. The first-order valence-electron chi connectivity index (χ1n) is 21.8. The van der Waals surface area contributed by atoms with Crippen LogP contribution in [0.15, 0.2) is 0 Å². The van der Waals surface area contributed by atoms with Crippen molar-refractivity contribution in [2.45, 2.75) is 167 Å². The molecule has 6 unspecified atom stereocenters. The first-order chi connectivity index (χ1) is 25.3. The van der Waals surface area contributed by atoms with E-state index >= 15 is 0 Å². The van der Waals surface area contributed by atoms with E-state index in [0.717, 1.165) is 51.4 Å². The summed E-state index contributed by atoms with van der Waals surface area (Å²) in [7, 11) is 6.13. The molecule has 7 rings (SSSR count). The maximum absolute atomic E-state index is 14.3. The van der Waals surface area contributed by atoms with Gasteiger partial charge in [0.25, 0.3) is 0 Å². The Labute approximate surface area is 321 Å². The normalized spacial score (nSPS) is 41.8. The Balaban J connectivity index is 1.16. The fourth-order valence-electron chi connectivity index (χ4n) is 12.8. The Kier molecular flexibility index (Phi) is 13.6. The molecule has 2 amide bonds. The third-order valence-electron chi connectivity index (χ3n) is 16.2.